The average Bonchev–Trinajstić information content (AvgIpc) is 2.89. The minimum atomic E-state index is 0.121. The minimum Gasteiger partial charge on any atom is -0.325 e. The molecule has 3 fully saturated rings. The van der Waals surface area contributed by atoms with Crippen molar-refractivity contribution in [2.45, 2.75) is 19.3 Å². The van der Waals surface area contributed by atoms with E-state index in [1.807, 2.05) is 6.07 Å². The molecule has 0 aliphatic heterocycles. The number of hydrogen-bond acceptors (Lipinski definition) is 2. The van der Waals surface area contributed by atoms with E-state index in [4.69, 9.17) is 5.26 Å². The van der Waals surface area contributed by atoms with Gasteiger partial charge in [-0.1, -0.05) is 15.9 Å². The fourth-order valence-corrected chi connectivity index (χ4v) is 4.97. The Labute approximate surface area is 126 Å². The van der Waals surface area contributed by atoms with Gasteiger partial charge in [0.05, 0.1) is 11.3 Å². The lowest BCUT2D eigenvalue weighted by molar-refractivity contribution is -0.118. The monoisotopic (exact) mass is 330 g/mol. The average molecular weight is 331 g/mol. The number of amides is 1. The third kappa shape index (κ3) is 1.73. The molecule has 3 nitrogen and oxygen atoms in total. The molecule has 3 aliphatic carbocycles. The molecule has 102 valence electrons. The molecule has 0 radical (unpaired) electrons. The molecule has 3 aliphatic rings. The van der Waals surface area contributed by atoms with Crippen LogP contribution in [0.5, 0.6) is 0 Å². The highest BCUT2D eigenvalue weighted by Crippen LogP contribution is 2.69. The topological polar surface area (TPSA) is 52.9 Å². The molecule has 3 saturated carbocycles. The molecule has 4 rings (SSSR count). The molecule has 1 amide bonds. The predicted octanol–water partition coefficient (Wildman–Crippen LogP) is 3.55. The molecule has 0 spiro atoms. The third-order valence-corrected chi connectivity index (χ3v) is 5.89. The van der Waals surface area contributed by atoms with Crippen LogP contribution in [0.4, 0.5) is 5.69 Å². The van der Waals surface area contributed by atoms with Crippen LogP contribution in [0, 0.1) is 40.9 Å². The molecule has 0 saturated heterocycles. The van der Waals surface area contributed by atoms with Crippen LogP contribution in [0.1, 0.15) is 24.8 Å². The van der Waals surface area contributed by atoms with Gasteiger partial charge in [-0.25, -0.2) is 0 Å². The van der Waals surface area contributed by atoms with E-state index >= 15 is 0 Å². The standard InChI is InChI=1S/C16H15BrN2O/c17-11-3-4-12(10(6-11)7-18)19-16(20)15-13-8-1-2-9(5-8)14(13)15/h3-4,6,8-9,13-15H,1-2,5H2,(H,19,20). The van der Waals surface area contributed by atoms with Crippen LogP contribution in [0.25, 0.3) is 0 Å². The maximum atomic E-state index is 12.4. The zero-order chi connectivity index (χ0) is 13.9. The fraction of sp³-hybridized carbons (Fsp3) is 0.500. The summed E-state index contributed by atoms with van der Waals surface area (Å²) in [5, 5.41) is 12.1. The molecule has 0 aromatic heterocycles. The van der Waals surface area contributed by atoms with Crippen molar-refractivity contribution in [2.75, 3.05) is 5.32 Å². The molecule has 1 aromatic rings. The van der Waals surface area contributed by atoms with Gasteiger partial charge >= 0.3 is 0 Å². The van der Waals surface area contributed by atoms with Crippen molar-refractivity contribution >= 4 is 27.5 Å². The Morgan fingerprint density at radius 3 is 2.65 bits per heavy atom. The van der Waals surface area contributed by atoms with E-state index in [9.17, 15) is 4.79 Å². The second kappa shape index (κ2) is 4.33. The number of halogens is 1. The van der Waals surface area contributed by atoms with Crippen LogP contribution in [-0.4, -0.2) is 5.91 Å². The first-order valence-electron chi connectivity index (χ1n) is 7.19. The van der Waals surface area contributed by atoms with Crippen LogP contribution < -0.4 is 5.32 Å². The lowest BCUT2D eigenvalue weighted by atomic mass is 10.0. The molecule has 4 unspecified atom stereocenters. The molecular formula is C16H15BrN2O. The fourth-order valence-electron chi connectivity index (χ4n) is 4.61. The minimum absolute atomic E-state index is 0.121. The van der Waals surface area contributed by atoms with E-state index in [1.54, 1.807) is 12.1 Å². The number of benzene rings is 1. The van der Waals surface area contributed by atoms with Crippen molar-refractivity contribution in [1.82, 2.24) is 0 Å². The Kier molecular flexibility index (Phi) is 2.68. The number of rotatable bonds is 2. The number of nitrogens with one attached hydrogen (secondary N) is 1. The van der Waals surface area contributed by atoms with Crippen molar-refractivity contribution in [3.05, 3.63) is 28.2 Å². The van der Waals surface area contributed by atoms with Gasteiger partial charge in [0.25, 0.3) is 0 Å². The van der Waals surface area contributed by atoms with Crippen molar-refractivity contribution in [2.24, 2.45) is 29.6 Å². The summed E-state index contributed by atoms with van der Waals surface area (Å²) in [6.07, 6.45) is 3.98. The molecular weight excluding hydrogens is 316 g/mol. The number of nitrogens with zero attached hydrogens (tertiary/aromatic N) is 1. The molecule has 1 aromatic carbocycles. The van der Waals surface area contributed by atoms with E-state index in [0.29, 0.717) is 23.1 Å². The van der Waals surface area contributed by atoms with Crippen molar-refractivity contribution < 1.29 is 4.79 Å². The molecule has 0 heterocycles. The van der Waals surface area contributed by atoms with Crippen molar-refractivity contribution in [3.8, 4) is 6.07 Å². The smallest absolute Gasteiger partial charge is 0.228 e. The zero-order valence-electron chi connectivity index (χ0n) is 11.0. The summed E-state index contributed by atoms with van der Waals surface area (Å²) >= 11 is 3.34. The van der Waals surface area contributed by atoms with Crippen LogP contribution in [-0.2, 0) is 4.79 Å². The van der Waals surface area contributed by atoms with Gasteiger partial charge in [-0.3, -0.25) is 4.79 Å². The maximum Gasteiger partial charge on any atom is 0.228 e. The Balaban J connectivity index is 1.51. The first-order chi connectivity index (χ1) is 9.69. The largest absolute Gasteiger partial charge is 0.325 e. The number of carbonyl (C=O) groups excluding carboxylic acids is 1. The third-order valence-electron chi connectivity index (χ3n) is 5.40. The number of carbonyl (C=O) groups is 1. The van der Waals surface area contributed by atoms with Crippen LogP contribution in [0.15, 0.2) is 22.7 Å². The van der Waals surface area contributed by atoms with Gasteiger partial charge < -0.3 is 5.32 Å². The zero-order valence-corrected chi connectivity index (χ0v) is 12.6. The maximum absolute atomic E-state index is 12.4. The van der Waals surface area contributed by atoms with E-state index in [2.05, 4.69) is 27.3 Å². The normalized spacial score (nSPS) is 36.3. The number of hydrogen-bond donors (Lipinski definition) is 1. The van der Waals surface area contributed by atoms with E-state index in [1.165, 1.54) is 19.3 Å². The van der Waals surface area contributed by atoms with Crippen LogP contribution in [0.2, 0.25) is 0 Å². The highest BCUT2D eigenvalue weighted by molar-refractivity contribution is 9.10. The number of anilines is 1. The summed E-state index contributed by atoms with van der Waals surface area (Å²) < 4.78 is 0.855. The van der Waals surface area contributed by atoms with Crippen LogP contribution >= 0.6 is 15.9 Å². The van der Waals surface area contributed by atoms with Crippen LogP contribution in [0.3, 0.4) is 0 Å². The lowest BCUT2D eigenvalue weighted by Crippen LogP contribution is -2.19. The van der Waals surface area contributed by atoms with Gasteiger partial charge in [0.15, 0.2) is 0 Å². The SMILES string of the molecule is N#Cc1cc(Br)ccc1NC(=O)C1C2C3CCC(C3)C12. The van der Waals surface area contributed by atoms with Crippen molar-refractivity contribution in [3.63, 3.8) is 0 Å². The highest BCUT2D eigenvalue weighted by Gasteiger charge is 2.67. The Morgan fingerprint density at radius 2 is 2.00 bits per heavy atom. The van der Waals surface area contributed by atoms with E-state index in [-0.39, 0.29) is 11.8 Å². The van der Waals surface area contributed by atoms with E-state index in [0.717, 1.165) is 16.3 Å². The first-order valence-corrected chi connectivity index (χ1v) is 7.99. The summed E-state index contributed by atoms with van der Waals surface area (Å²) in [7, 11) is 0. The van der Waals surface area contributed by atoms with Gasteiger partial charge in [0.2, 0.25) is 5.91 Å². The Bertz CT molecular complexity index is 620. The number of fused-ring (bicyclic) bond motifs is 5. The summed E-state index contributed by atoms with van der Waals surface area (Å²) in [5.41, 5.74) is 1.15. The summed E-state index contributed by atoms with van der Waals surface area (Å²) in [5.74, 6) is 3.18. The second-order valence-corrected chi connectivity index (χ2v) is 7.22. The van der Waals surface area contributed by atoms with E-state index < -0.39 is 0 Å². The Morgan fingerprint density at radius 1 is 1.30 bits per heavy atom. The molecule has 2 bridgehead atoms. The number of nitriles is 1. The quantitative estimate of drug-likeness (QED) is 0.901. The van der Waals surface area contributed by atoms with Gasteiger partial charge in [-0.2, -0.15) is 5.26 Å². The first kappa shape index (κ1) is 12.4. The molecule has 4 heteroatoms. The van der Waals surface area contributed by atoms with Gasteiger partial charge in [-0.05, 0) is 61.1 Å². The second-order valence-electron chi connectivity index (χ2n) is 6.30. The summed E-state index contributed by atoms with van der Waals surface area (Å²) in [6.45, 7) is 0. The highest BCUT2D eigenvalue weighted by atomic mass is 79.9. The van der Waals surface area contributed by atoms with Crippen molar-refractivity contribution in [1.29, 1.82) is 5.26 Å². The Hall–Kier alpha value is -1.34. The van der Waals surface area contributed by atoms with Gasteiger partial charge in [0, 0.05) is 10.4 Å². The molecule has 1 N–H and O–H groups in total. The molecule has 20 heavy (non-hydrogen) atoms. The molecule has 4 atom stereocenters. The van der Waals surface area contributed by atoms with Gasteiger partial charge in [-0.15, -0.1) is 0 Å². The summed E-state index contributed by atoms with van der Waals surface area (Å²) in [4.78, 5) is 12.4. The van der Waals surface area contributed by atoms with Gasteiger partial charge in [0.1, 0.15) is 6.07 Å². The predicted molar refractivity (Wildman–Crippen MR) is 78.8 cm³/mol. The summed E-state index contributed by atoms with van der Waals surface area (Å²) in [6, 6.07) is 7.53. The lowest BCUT2D eigenvalue weighted by Gasteiger charge is -2.10.